The minimum atomic E-state index is -0.561. The Labute approximate surface area is 333 Å². The maximum Gasteiger partial charge on any atom is 0.0720 e. The van der Waals surface area contributed by atoms with Gasteiger partial charge in [-0.1, -0.05) is 194 Å². The Morgan fingerprint density at radius 2 is 0.614 bits per heavy atom. The van der Waals surface area contributed by atoms with E-state index in [4.69, 9.17) is 0 Å². The minimum absolute atomic E-state index is 0.467. The van der Waals surface area contributed by atoms with Crippen LogP contribution in [0.2, 0.25) is 0 Å². The van der Waals surface area contributed by atoms with Gasteiger partial charge in [-0.15, -0.1) is 0 Å². The minimum Gasteiger partial charge on any atom is -0.310 e. The molecule has 3 aliphatic carbocycles. The smallest absolute Gasteiger partial charge is 0.0720 e. The van der Waals surface area contributed by atoms with Crippen molar-refractivity contribution in [2.24, 2.45) is 0 Å². The van der Waals surface area contributed by atoms with Crippen LogP contribution in [0.3, 0.4) is 0 Å². The van der Waals surface area contributed by atoms with Crippen LogP contribution in [0, 0.1) is 0 Å². The highest BCUT2D eigenvalue weighted by Gasteiger charge is 2.58. The molecule has 1 heteroatoms. The molecule has 0 saturated heterocycles. The Bertz CT molecular complexity index is 2940. The number of hydrogen-bond donors (Lipinski definition) is 0. The van der Waals surface area contributed by atoms with E-state index in [-0.39, 0.29) is 0 Å². The molecular formula is C56H37N. The lowest BCUT2D eigenvalue weighted by Gasteiger charge is -2.49. The average molecular weight is 724 g/mol. The maximum absolute atomic E-state index is 2.51. The van der Waals surface area contributed by atoms with Crippen molar-refractivity contribution in [3.8, 4) is 33.4 Å². The van der Waals surface area contributed by atoms with Gasteiger partial charge >= 0.3 is 0 Å². The third-order valence-electron chi connectivity index (χ3n) is 13.0. The fourth-order valence-corrected chi connectivity index (χ4v) is 10.9. The second-order valence-electron chi connectivity index (χ2n) is 15.5. The Morgan fingerprint density at radius 1 is 0.246 bits per heavy atom. The fraction of sp³-hybridized carbons (Fsp3) is 0.0357. The molecule has 9 aromatic carbocycles. The van der Waals surface area contributed by atoms with Crippen LogP contribution in [-0.2, 0) is 10.8 Å². The average Bonchev–Trinajstić information content (AvgIpc) is 3.75. The van der Waals surface area contributed by atoms with Crippen LogP contribution >= 0.6 is 0 Å². The molecule has 0 aliphatic heterocycles. The summed E-state index contributed by atoms with van der Waals surface area (Å²) in [5.41, 5.74) is 20.7. The quantitative estimate of drug-likeness (QED) is 0.175. The monoisotopic (exact) mass is 723 g/mol. The molecule has 0 atom stereocenters. The molecule has 57 heavy (non-hydrogen) atoms. The van der Waals surface area contributed by atoms with Crippen LogP contribution in [0.25, 0.3) is 33.4 Å². The molecular weight excluding hydrogens is 687 g/mol. The molecule has 0 N–H and O–H groups in total. The second-order valence-corrected chi connectivity index (χ2v) is 15.5. The molecule has 0 heterocycles. The standard InChI is InChI=1S/C56H37N/c1-3-19-38(20-4-1)41-23-10-18-34-54(41)57(39-21-5-2-6-22-39)40-35-36-45-44-26-9-13-29-48(44)56(53(45)37-40)51-32-16-14-30-49(51)55(50-31-15-17-33-52(50)56)46-27-11-7-24-42(46)43-25-8-12-28-47(43)55/h1-37H. The summed E-state index contributed by atoms with van der Waals surface area (Å²) in [6.07, 6.45) is 0. The molecule has 2 spiro atoms. The lowest BCUT2D eigenvalue weighted by Crippen LogP contribution is -2.43. The lowest BCUT2D eigenvalue weighted by atomic mass is 9.52. The van der Waals surface area contributed by atoms with Crippen molar-refractivity contribution in [1.29, 1.82) is 0 Å². The van der Waals surface area contributed by atoms with Crippen molar-refractivity contribution in [2.45, 2.75) is 10.8 Å². The Kier molecular flexibility index (Phi) is 6.83. The molecule has 0 radical (unpaired) electrons. The molecule has 0 fully saturated rings. The summed E-state index contributed by atoms with van der Waals surface area (Å²) >= 11 is 0. The molecule has 0 saturated carbocycles. The van der Waals surface area contributed by atoms with Gasteiger partial charge in [-0.25, -0.2) is 0 Å². The number of para-hydroxylation sites is 2. The third kappa shape index (κ3) is 4.18. The van der Waals surface area contributed by atoms with E-state index in [0.717, 1.165) is 17.1 Å². The van der Waals surface area contributed by atoms with Gasteiger partial charge in [0.2, 0.25) is 0 Å². The van der Waals surface area contributed by atoms with Crippen molar-refractivity contribution in [2.75, 3.05) is 4.90 Å². The van der Waals surface area contributed by atoms with E-state index < -0.39 is 10.8 Å². The largest absolute Gasteiger partial charge is 0.310 e. The number of nitrogens with zero attached hydrogens (tertiary/aromatic N) is 1. The molecule has 3 aliphatic rings. The van der Waals surface area contributed by atoms with E-state index in [2.05, 4.69) is 229 Å². The van der Waals surface area contributed by atoms with Crippen LogP contribution in [-0.4, -0.2) is 0 Å². The summed E-state index contributed by atoms with van der Waals surface area (Å²) in [6.45, 7) is 0. The van der Waals surface area contributed by atoms with Gasteiger partial charge in [0.1, 0.15) is 0 Å². The summed E-state index contributed by atoms with van der Waals surface area (Å²) in [5.74, 6) is 0. The van der Waals surface area contributed by atoms with E-state index >= 15 is 0 Å². The first-order valence-electron chi connectivity index (χ1n) is 19.9. The number of hydrogen-bond acceptors (Lipinski definition) is 1. The molecule has 1 nitrogen and oxygen atoms in total. The van der Waals surface area contributed by atoms with Gasteiger partial charge in [0, 0.05) is 16.9 Å². The third-order valence-corrected chi connectivity index (χ3v) is 13.0. The van der Waals surface area contributed by atoms with Crippen molar-refractivity contribution in [1.82, 2.24) is 0 Å². The SMILES string of the molecule is c1ccc(-c2ccccc2N(c2ccccc2)c2ccc3c(c2)C2(c4ccccc4-3)c3ccccc3C3(c4ccccc4-c4ccccc43)c3ccccc32)cc1. The van der Waals surface area contributed by atoms with Gasteiger partial charge in [-0.3, -0.25) is 0 Å². The first-order valence-corrected chi connectivity index (χ1v) is 19.9. The van der Waals surface area contributed by atoms with E-state index in [9.17, 15) is 0 Å². The molecule has 0 aromatic heterocycles. The zero-order chi connectivity index (χ0) is 37.6. The van der Waals surface area contributed by atoms with E-state index in [1.54, 1.807) is 0 Å². The van der Waals surface area contributed by atoms with Crippen LogP contribution < -0.4 is 4.90 Å². The van der Waals surface area contributed by atoms with Crippen LogP contribution in [0.1, 0.15) is 44.5 Å². The van der Waals surface area contributed by atoms with Crippen LogP contribution in [0.4, 0.5) is 17.1 Å². The van der Waals surface area contributed by atoms with Crippen molar-refractivity contribution >= 4 is 17.1 Å². The number of rotatable bonds is 4. The maximum atomic E-state index is 2.51. The zero-order valence-electron chi connectivity index (χ0n) is 31.3. The second kappa shape index (κ2) is 12.1. The summed E-state index contributed by atoms with van der Waals surface area (Å²) in [7, 11) is 0. The molecule has 0 amide bonds. The predicted molar refractivity (Wildman–Crippen MR) is 235 cm³/mol. The highest BCUT2D eigenvalue weighted by molar-refractivity contribution is 5.96. The van der Waals surface area contributed by atoms with Gasteiger partial charge in [0.15, 0.2) is 0 Å². The van der Waals surface area contributed by atoms with E-state index in [0.29, 0.717) is 0 Å². The van der Waals surface area contributed by atoms with E-state index in [1.807, 2.05) is 0 Å². The van der Waals surface area contributed by atoms with Crippen molar-refractivity contribution in [3.63, 3.8) is 0 Å². The summed E-state index contributed by atoms with van der Waals surface area (Å²) in [5, 5.41) is 0. The van der Waals surface area contributed by atoms with Gasteiger partial charge in [0.25, 0.3) is 0 Å². The Hall–Kier alpha value is -7.22. The topological polar surface area (TPSA) is 3.24 Å². The van der Waals surface area contributed by atoms with Gasteiger partial charge in [0.05, 0.1) is 16.5 Å². The van der Waals surface area contributed by atoms with Gasteiger partial charge in [-0.2, -0.15) is 0 Å². The first kappa shape index (κ1) is 32.1. The Balaban J connectivity index is 1.19. The molecule has 266 valence electrons. The van der Waals surface area contributed by atoms with E-state index in [1.165, 1.54) is 77.9 Å². The number of fused-ring (bicyclic) bond motifs is 16. The molecule has 0 unspecified atom stereocenters. The summed E-state index contributed by atoms with van der Waals surface area (Å²) < 4.78 is 0. The van der Waals surface area contributed by atoms with Gasteiger partial charge < -0.3 is 4.90 Å². The first-order chi connectivity index (χ1) is 28.3. The lowest BCUT2D eigenvalue weighted by molar-refractivity contribution is 0.633. The summed E-state index contributed by atoms with van der Waals surface area (Å²) in [4.78, 5) is 2.45. The normalized spacial score (nSPS) is 14.2. The summed E-state index contributed by atoms with van der Waals surface area (Å²) in [6, 6.07) is 83.7. The molecule has 9 aromatic rings. The fourth-order valence-electron chi connectivity index (χ4n) is 10.9. The molecule has 12 rings (SSSR count). The van der Waals surface area contributed by atoms with Crippen LogP contribution in [0.5, 0.6) is 0 Å². The zero-order valence-corrected chi connectivity index (χ0v) is 31.3. The number of benzene rings is 9. The molecule has 0 bridgehead atoms. The van der Waals surface area contributed by atoms with Crippen molar-refractivity contribution in [3.05, 3.63) is 269 Å². The van der Waals surface area contributed by atoms with Crippen LogP contribution in [0.15, 0.2) is 224 Å². The Morgan fingerprint density at radius 3 is 1.12 bits per heavy atom. The highest BCUT2D eigenvalue weighted by Crippen LogP contribution is 2.67. The van der Waals surface area contributed by atoms with Gasteiger partial charge in [-0.05, 0) is 103 Å². The predicted octanol–water partition coefficient (Wildman–Crippen LogP) is 13.9. The van der Waals surface area contributed by atoms with Crippen molar-refractivity contribution < 1.29 is 0 Å². The highest BCUT2D eigenvalue weighted by atomic mass is 15.1. The number of anilines is 3.